The average molecular weight is 531 g/mol. The van der Waals surface area contributed by atoms with Gasteiger partial charge in [-0.25, -0.2) is 4.79 Å². The predicted molar refractivity (Wildman–Crippen MR) is 130 cm³/mol. The highest BCUT2D eigenvalue weighted by molar-refractivity contribution is 14.0. The molecular formula is C21H34IN5O3. The van der Waals surface area contributed by atoms with Crippen LogP contribution in [0.4, 0.5) is 4.79 Å². The molecule has 2 amide bonds. The summed E-state index contributed by atoms with van der Waals surface area (Å²) in [5.74, 6) is 0.720. The number of rotatable bonds is 5. The lowest BCUT2D eigenvalue weighted by atomic mass is 10.1. The Morgan fingerprint density at radius 3 is 2.67 bits per heavy atom. The van der Waals surface area contributed by atoms with E-state index >= 15 is 0 Å². The number of guanidine groups is 1. The van der Waals surface area contributed by atoms with Crippen LogP contribution in [0, 0.1) is 0 Å². The molecule has 1 aromatic rings. The van der Waals surface area contributed by atoms with Crippen molar-refractivity contribution in [2.45, 2.75) is 45.3 Å². The van der Waals surface area contributed by atoms with E-state index in [4.69, 9.17) is 4.74 Å². The van der Waals surface area contributed by atoms with Crippen molar-refractivity contribution in [1.82, 2.24) is 20.9 Å². The van der Waals surface area contributed by atoms with E-state index in [1.54, 1.807) is 20.2 Å². The predicted octanol–water partition coefficient (Wildman–Crippen LogP) is 2.38. The maximum atomic E-state index is 12.0. The molecule has 1 aliphatic rings. The third-order valence-corrected chi connectivity index (χ3v) is 4.53. The Morgan fingerprint density at radius 1 is 1.30 bits per heavy atom. The Balaban J connectivity index is 0.00000450. The lowest BCUT2D eigenvalue weighted by Gasteiger charge is -2.23. The molecule has 0 aromatic heterocycles. The van der Waals surface area contributed by atoms with Crippen molar-refractivity contribution >= 4 is 41.9 Å². The second-order valence-electron chi connectivity index (χ2n) is 8.08. The van der Waals surface area contributed by atoms with Crippen LogP contribution in [0.3, 0.4) is 0 Å². The molecule has 1 heterocycles. The number of halogens is 1. The number of likely N-dealkylation sites (tertiary alicyclic amines) is 1. The first-order chi connectivity index (χ1) is 13.7. The summed E-state index contributed by atoms with van der Waals surface area (Å²) in [6.45, 7) is 7.75. The Hall–Kier alpha value is -2.04. The van der Waals surface area contributed by atoms with Crippen molar-refractivity contribution in [3.8, 4) is 0 Å². The van der Waals surface area contributed by atoms with E-state index < -0.39 is 5.60 Å². The summed E-state index contributed by atoms with van der Waals surface area (Å²) in [6, 6.07) is 7.64. The number of amides is 2. The van der Waals surface area contributed by atoms with Crippen molar-refractivity contribution < 1.29 is 14.3 Å². The lowest BCUT2D eigenvalue weighted by molar-refractivity contribution is 0.0507. The minimum absolute atomic E-state index is 0. The monoisotopic (exact) mass is 531 g/mol. The maximum absolute atomic E-state index is 12.0. The number of alkyl carbamates (subject to hydrolysis) is 1. The molecule has 1 atom stereocenters. The molecule has 1 aliphatic heterocycles. The first kappa shape index (κ1) is 26.0. The van der Waals surface area contributed by atoms with Crippen molar-refractivity contribution in [3.63, 3.8) is 0 Å². The molecule has 168 valence electrons. The van der Waals surface area contributed by atoms with Crippen molar-refractivity contribution in [1.29, 1.82) is 0 Å². The normalized spacial score (nSPS) is 16.5. The van der Waals surface area contributed by atoms with Crippen LogP contribution in [0.1, 0.15) is 43.1 Å². The zero-order chi connectivity index (χ0) is 21.4. The number of aliphatic imine (C=N–C) groups is 1. The zero-order valence-electron chi connectivity index (χ0n) is 18.4. The van der Waals surface area contributed by atoms with Gasteiger partial charge in [-0.15, -0.1) is 24.0 Å². The summed E-state index contributed by atoms with van der Waals surface area (Å²) in [7, 11) is 3.38. The van der Waals surface area contributed by atoms with Gasteiger partial charge < -0.3 is 25.6 Å². The molecule has 0 spiro atoms. The molecule has 0 bridgehead atoms. The number of hydrogen-bond acceptors (Lipinski definition) is 4. The van der Waals surface area contributed by atoms with Gasteiger partial charge in [0.15, 0.2) is 5.96 Å². The van der Waals surface area contributed by atoms with Crippen LogP contribution in [0.5, 0.6) is 0 Å². The minimum Gasteiger partial charge on any atom is -0.444 e. The third-order valence-electron chi connectivity index (χ3n) is 4.53. The Morgan fingerprint density at radius 2 is 2.03 bits per heavy atom. The van der Waals surface area contributed by atoms with Gasteiger partial charge in [-0.2, -0.15) is 0 Å². The highest BCUT2D eigenvalue weighted by atomic mass is 127. The van der Waals surface area contributed by atoms with Gasteiger partial charge in [0, 0.05) is 39.3 Å². The molecular weight excluding hydrogens is 497 g/mol. The van der Waals surface area contributed by atoms with Crippen molar-refractivity contribution in [3.05, 3.63) is 35.4 Å². The van der Waals surface area contributed by atoms with E-state index in [2.05, 4.69) is 25.8 Å². The van der Waals surface area contributed by atoms with E-state index in [0.717, 1.165) is 30.9 Å². The molecule has 30 heavy (non-hydrogen) atoms. The molecule has 0 saturated carbocycles. The molecule has 1 saturated heterocycles. The van der Waals surface area contributed by atoms with Gasteiger partial charge in [-0.05, 0) is 51.3 Å². The van der Waals surface area contributed by atoms with Gasteiger partial charge in [0.25, 0.3) is 5.91 Å². The Bertz CT molecular complexity index is 748. The fraction of sp³-hybridized carbons (Fsp3) is 0.571. The largest absolute Gasteiger partial charge is 0.444 e. The van der Waals surface area contributed by atoms with Crippen LogP contribution < -0.4 is 16.0 Å². The molecule has 1 aromatic carbocycles. The average Bonchev–Trinajstić information content (AvgIpc) is 3.11. The summed E-state index contributed by atoms with van der Waals surface area (Å²) in [4.78, 5) is 30.2. The molecule has 9 heteroatoms. The van der Waals surface area contributed by atoms with Crippen molar-refractivity contribution in [2.24, 2.45) is 4.99 Å². The second-order valence-corrected chi connectivity index (χ2v) is 8.08. The highest BCUT2D eigenvalue weighted by Crippen LogP contribution is 2.12. The standard InChI is InChI=1S/C21H33N5O3.HI/c1-21(2,3)29-20(28)25-17-10-12-26(14-17)19(23-5)24-11-9-15-7-6-8-16(13-15)18(27)22-4;/h6-8,13,17H,9-12,14H2,1-5H3,(H,22,27)(H,23,24)(H,25,28);1H. The molecule has 1 unspecified atom stereocenters. The quantitative estimate of drug-likeness (QED) is 0.308. The summed E-state index contributed by atoms with van der Waals surface area (Å²) in [5, 5.41) is 8.93. The van der Waals surface area contributed by atoms with Gasteiger partial charge in [0.05, 0.1) is 6.04 Å². The number of carbonyl (C=O) groups excluding carboxylic acids is 2. The molecule has 1 fully saturated rings. The molecule has 2 rings (SSSR count). The summed E-state index contributed by atoms with van der Waals surface area (Å²) in [6.07, 6.45) is 1.23. The number of benzene rings is 1. The van der Waals surface area contributed by atoms with Crippen molar-refractivity contribution in [2.75, 3.05) is 33.7 Å². The van der Waals surface area contributed by atoms with Crippen LogP contribution in [-0.2, 0) is 11.2 Å². The third kappa shape index (κ3) is 8.37. The smallest absolute Gasteiger partial charge is 0.407 e. The van der Waals surface area contributed by atoms with Crippen LogP contribution in [0.15, 0.2) is 29.3 Å². The number of hydrogen-bond donors (Lipinski definition) is 3. The maximum Gasteiger partial charge on any atom is 0.407 e. The van der Waals surface area contributed by atoms with Gasteiger partial charge in [-0.1, -0.05) is 12.1 Å². The van der Waals surface area contributed by atoms with Gasteiger partial charge in [-0.3, -0.25) is 9.79 Å². The van der Waals surface area contributed by atoms with E-state index in [9.17, 15) is 9.59 Å². The Labute approximate surface area is 196 Å². The summed E-state index contributed by atoms with van der Waals surface area (Å²) < 4.78 is 5.33. The van der Waals surface area contributed by atoms with Gasteiger partial charge in [0.1, 0.15) is 5.60 Å². The minimum atomic E-state index is -0.505. The molecule has 0 aliphatic carbocycles. The van der Waals surface area contributed by atoms with Crippen LogP contribution >= 0.6 is 24.0 Å². The van der Waals surface area contributed by atoms with Crippen LogP contribution in [-0.4, -0.2) is 68.2 Å². The van der Waals surface area contributed by atoms with E-state index in [1.807, 2.05) is 39.0 Å². The molecule has 8 nitrogen and oxygen atoms in total. The number of ether oxygens (including phenoxy) is 1. The number of nitrogens with one attached hydrogen (secondary N) is 3. The highest BCUT2D eigenvalue weighted by Gasteiger charge is 2.27. The fourth-order valence-electron chi connectivity index (χ4n) is 3.21. The van der Waals surface area contributed by atoms with Crippen LogP contribution in [0.25, 0.3) is 0 Å². The first-order valence-electron chi connectivity index (χ1n) is 9.98. The van der Waals surface area contributed by atoms with E-state index in [1.165, 1.54) is 0 Å². The fourth-order valence-corrected chi connectivity index (χ4v) is 3.21. The van der Waals surface area contributed by atoms with Gasteiger partial charge in [0.2, 0.25) is 0 Å². The SMILES string of the molecule is CN=C(NCCc1cccc(C(=O)NC)c1)N1CCC(NC(=O)OC(C)(C)C)C1.I. The summed E-state index contributed by atoms with van der Waals surface area (Å²) in [5.41, 5.74) is 1.24. The van der Waals surface area contributed by atoms with Gasteiger partial charge >= 0.3 is 6.09 Å². The second kappa shape index (κ2) is 12.0. The Kier molecular flexibility index (Phi) is 10.4. The zero-order valence-corrected chi connectivity index (χ0v) is 20.8. The van der Waals surface area contributed by atoms with Crippen LogP contribution in [0.2, 0.25) is 0 Å². The molecule has 3 N–H and O–H groups in total. The topological polar surface area (TPSA) is 95.1 Å². The summed E-state index contributed by atoms with van der Waals surface area (Å²) >= 11 is 0. The lowest BCUT2D eigenvalue weighted by Crippen LogP contribution is -2.44. The van der Waals surface area contributed by atoms with E-state index in [0.29, 0.717) is 18.7 Å². The molecule has 0 radical (unpaired) electrons. The van der Waals surface area contributed by atoms with E-state index in [-0.39, 0.29) is 42.0 Å². The number of nitrogens with zero attached hydrogens (tertiary/aromatic N) is 2. The number of carbonyl (C=O) groups is 2. The first-order valence-corrected chi connectivity index (χ1v) is 9.98.